The van der Waals surface area contributed by atoms with Crippen LogP contribution >= 0.6 is 0 Å². The van der Waals surface area contributed by atoms with Crippen molar-refractivity contribution in [3.63, 3.8) is 0 Å². The van der Waals surface area contributed by atoms with E-state index >= 15 is 0 Å². The molecule has 0 radical (unpaired) electrons. The molecule has 30 heavy (non-hydrogen) atoms. The number of para-hydroxylation sites is 2. The molecule has 0 bridgehead atoms. The smallest absolute Gasteiger partial charge is 0.245 e. The molecule has 156 valence electrons. The fourth-order valence-corrected chi connectivity index (χ4v) is 3.40. The summed E-state index contributed by atoms with van der Waals surface area (Å²) in [6.45, 7) is 7.26. The molecule has 6 N–H and O–H groups in total. The van der Waals surface area contributed by atoms with Gasteiger partial charge in [-0.3, -0.25) is 0 Å². The molecule has 0 amide bonds. The quantitative estimate of drug-likeness (QED) is 0.295. The highest BCUT2D eigenvalue weighted by Gasteiger charge is 2.20. The Hall–Kier alpha value is -3.56. The SMILES string of the molecule is C=C/C(NC(O)c1ncc(-c2nc3ccccc3[nH]2)o1)=C(\C=C/N)N1CCNCC1. The molecule has 1 fully saturated rings. The van der Waals surface area contributed by atoms with Gasteiger partial charge in [-0.2, -0.15) is 0 Å². The molecule has 2 aromatic heterocycles. The molecule has 0 saturated carbocycles. The maximum absolute atomic E-state index is 10.7. The number of nitrogens with zero attached hydrogens (tertiary/aromatic N) is 3. The first-order valence-corrected chi connectivity index (χ1v) is 9.75. The molecule has 1 unspecified atom stereocenters. The van der Waals surface area contributed by atoms with E-state index in [0.717, 1.165) is 42.9 Å². The summed E-state index contributed by atoms with van der Waals surface area (Å²) in [5.74, 6) is 1.12. The van der Waals surface area contributed by atoms with E-state index in [4.69, 9.17) is 10.2 Å². The molecule has 1 aliphatic rings. The van der Waals surface area contributed by atoms with Crippen molar-refractivity contribution in [2.45, 2.75) is 6.23 Å². The predicted molar refractivity (Wildman–Crippen MR) is 115 cm³/mol. The molecular formula is C21H25N7O2. The first-order chi connectivity index (χ1) is 14.7. The molecule has 9 nitrogen and oxygen atoms in total. The van der Waals surface area contributed by atoms with Crippen LogP contribution < -0.4 is 16.4 Å². The minimum absolute atomic E-state index is 0.126. The van der Waals surface area contributed by atoms with Gasteiger partial charge in [0.25, 0.3) is 0 Å². The van der Waals surface area contributed by atoms with Gasteiger partial charge < -0.3 is 35.8 Å². The third-order valence-electron chi connectivity index (χ3n) is 4.86. The van der Waals surface area contributed by atoms with Crippen LogP contribution in [-0.2, 0) is 0 Å². The number of aliphatic hydroxyl groups is 1. The zero-order valence-corrected chi connectivity index (χ0v) is 16.5. The Morgan fingerprint density at radius 3 is 2.87 bits per heavy atom. The number of rotatable bonds is 7. The van der Waals surface area contributed by atoms with Crippen LogP contribution in [0.15, 0.2) is 71.2 Å². The summed E-state index contributed by atoms with van der Waals surface area (Å²) >= 11 is 0. The van der Waals surface area contributed by atoms with E-state index in [1.54, 1.807) is 12.2 Å². The summed E-state index contributed by atoms with van der Waals surface area (Å²) in [6, 6.07) is 7.69. The maximum atomic E-state index is 10.7. The number of benzene rings is 1. The van der Waals surface area contributed by atoms with Crippen molar-refractivity contribution < 1.29 is 9.52 Å². The third kappa shape index (κ3) is 4.07. The molecule has 3 aromatic rings. The van der Waals surface area contributed by atoms with E-state index < -0.39 is 6.23 Å². The van der Waals surface area contributed by atoms with Gasteiger partial charge in [-0.15, -0.1) is 0 Å². The number of nitrogens with one attached hydrogen (secondary N) is 3. The summed E-state index contributed by atoms with van der Waals surface area (Å²) in [7, 11) is 0. The average Bonchev–Trinajstić information content (AvgIpc) is 3.43. The van der Waals surface area contributed by atoms with Crippen LogP contribution in [0.4, 0.5) is 0 Å². The first kappa shape index (κ1) is 19.7. The predicted octanol–water partition coefficient (Wildman–Crippen LogP) is 1.57. The van der Waals surface area contributed by atoms with Gasteiger partial charge in [0.05, 0.1) is 28.6 Å². The fourth-order valence-electron chi connectivity index (χ4n) is 3.40. The molecular weight excluding hydrogens is 382 g/mol. The first-order valence-electron chi connectivity index (χ1n) is 9.75. The van der Waals surface area contributed by atoms with Crippen LogP contribution in [0.5, 0.6) is 0 Å². The number of hydrogen-bond donors (Lipinski definition) is 5. The molecule has 9 heteroatoms. The second-order valence-corrected chi connectivity index (χ2v) is 6.81. The molecule has 3 heterocycles. The van der Waals surface area contributed by atoms with Gasteiger partial charge in [-0.05, 0) is 30.5 Å². The van der Waals surface area contributed by atoms with Gasteiger partial charge in [0.15, 0.2) is 11.6 Å². The molecule has 1 saturated heterocycles. The lowest BCUT2D eigenvalue weighted by Gasteiger charge is -2.32. The maximum Gasteiger partial charge on any atom is 0.245 e. The number of oxazole rings is 1. The van der Waals surface area contributed by atoms with Crippen molar-refractivity contribution >= 4 is 11.0 Å². The van der Waals surface area contributed by atoms with Crippen LogP contribution in [0.2, 0.25) is 0 Å². The van der Waals surface area contributed by atoms with Crippen molar-refractivity contribution in [1.82, 2.24) is 30.5 Å². The number of piperazine rings is 1. The lowest BCUT2D eigenvalue weighted by molar-refractivity contribution is 0.120. The molecule has 1 aliphatic heterocycles. The van der Waals surface area contributed by atoms with Gasteiger partial charge in [0.2, 0.25) is 12.1 Å². The van der Waals surface area contributed by atoms with Crippen molar-refractivity contribution in [2.75, 3.05) is 26.2 Å². The van der Waals surface area contributed by atoms with Crippen LogP contribution in [0.1, 0.15) is 12.1 Å². The van der Waals surface area contributed by atoms with E-state index in [9.17, 15) is 5.11 Å². The largest absolute Gasteiger partial charge is 0.433 e. The number of aliphatic hydroxyl groups excluding tert-OH is 1. The zero-order chi connectivity index (χ0) is 20.9. The second kappa shape index (κ2) is 8.85. The molecule has 1 aromatic carbocycles. The van der Waals surface area contributed by atoms with Crippen LogP contribution in [0, 0.1) is 0 Å². The topological polar surface area (TPSA) is 128 Å². The standard InChI is InChI=1S/C21H25N7O2/c1-2-14(17(7-8-22)28-11-9-23-10-12-28)27-20(29)21-24-13-18(30-21)19-25-15-5-3-4-6-16(15)26-19/h2-8,13,20,23,27,29H,1,9-12,22H2,(H,25,26)/b8-7-,17-14-. The van der Waals surface area contributed by atoms with Crippen LogP contribution in [0.25, 0.3) is 22.6 Å². The number of aromatic amines is 1. The molecule has 0 spiro atoms. The minimum Gasteiger partial charge on any atom is -0.433 e. The highest BCUT2D eigenvalue weighted by atomic mass is 16.4. The average molecular weight is 407 g/mol. The summed E-state index contributed by atoms with van der Waals surface area (Å²) in [5, 5.41) is 17.0. The monoisotopic (exact) mass is 407 g/mol. The van der Waals surface area contributed by atoms with E-state index in [-0.39, 0.29) is 5.89 Å². The Balaban J connectivity index is 1.56. The number of aromatic nitrogens is 3. The summed E-state index contributed by atoms with van der Waals surface area (Å²) in [4.78, 5) is 14.1. The van der Waals surface area contributed by atoms with Crippen molar-refractivity contribution in [1.29, 1.82) is 0 Å². The summed E-state index contributed by atoms with van der Waals surface area (Å²) in [6.07, 6.45) is 5.27. The van der Waals surface area contributed by atoms with E-state index in [1.165, 1.54) is 12.4 Å². The minimum atomic E-state index is -1.17. The number of imidazole rings is 1. The summed E-state index contributed by atoms with van der Waals surface area (Å²) in [5.41, 5.74) is 8.85. The van der Waals surface area contributed by atoms with Crippen molar-refractivity contribution in [3.8, 4) is 11.6 Å². The van der Waals surface area contributed by atoms with E-state index in [0.29, 0.717) is 17.3 Å². The summed E-state index contributed by atoms with van der Waals surface area (Å²) < 4.78 is 5.75. The Bertz CT molecular complexity index is 1040. The zero-order valence-electron chi connectivity index (χ0n) is 16.5. The second-order valence-electron chi connectivity index (χ2n) is 6.81. The highest BCUT2D eigenvalue weighted by molar-refractivity contribution is 5.78. The number of H-pyrrole nitrogens is 1. The van der Waals surface area contributed by atoms with Gasteiger partial charge in [-0.25, -0.2) is 9.97 Å². The van der Waals surface area contributed by atoms with E-state index in [1.807, 2.05) is 24.3 Å². The number of nitrogens with two attached hydrogens (primary N) is 1. The van der Waals surface area contributed by atoms with Gasteiger partial charge in [0, 0.05) is 26.2 Å². The molecule has 4 rings (SSSR count). The van der Waals surface area contributed by atoms with Crippen LogP contribution in [-0.4, -0.2) is 51.1 Å². The normalized spacial score (nSPS) is 16.6. The Morgan fingerprint density at radius 2 is 2.13 bits per heavy atom. The number of fused-ring (bicyclic) bond motifs is 1. The van der Waals surface area contributed by atoms with Gasteiger partial charge in [-0.1, -0.05) is 18.7 Å². The van der Waals surface area contributed by atoms with Gasteiger partial charge >= 0.3 is 0 Å². The van der Waals surface area contributed by atoms with Crippen molar-refractivity contribution in [3.05, 3.63) is 72.7 Å². The fraction of sp³-hybridized carbons (Fsp3) is 0.238. The third-order valence-corrected chi connectivity index (χ3v) is 4.86. The lowest BCUT2D eigenvalue weighted by atomic mass is 10.2. The molecule has 0 aliphatic carbocycles. The number of hydrogen-bond acceptors (Lipinski definition) is 8. The van der Waals surface area contributed by atoms with E-state index in [2.05, 4.69) is 37.1 Å². The molecule has 1 atom stereocenters. The van der Waals surface area contributed by atoms with Gasteiger partial charge in [0.1, 0.15) is 0 Å². The van der Waals surface area contributed by atoms with Crippen molar-refractivity contribution in [2.24, 2.45) is 5.73 Å². The van der Waals surface area contributed by atoms with Crippen LogP contribution in [0.3, 0.4) is 0 Å². The lowest BCUT2D eigenvalue weighted by Crippen LogP contribution is -2.43. The highest BCUT2D eigenvalue weighted by Crippen LogP contribution is 2.24. The Kier molecular flexibility index (Phi) is 5.82. The Labute approximate surface area is 174 Å². The Morgan fingerprint density at radius 1 is 1.33 bits per heavy atom. The number of allylic oxidation sites excluding steroid dienone is 2.